The Bertz CT molecular complexity index is 2930. The van der Waals surface area contributed by atoms with E-state index in [4.69, 9.17) is 9.47 Å². The Balaban J connectivity index is 0.00000860. The number of Topliss-reactive ketones (excluding diaryl/α,β-unsaturated/α-hetero) is 1. The van der Waals surface area contributed by atoms with E-state index in [-0.39, 0.29) is 110 Å². The first-order valence-corrected chi connectivity index (χ1v) is 28.2. The number of piperazine rings is 1. The SMILES string of the molecule is CC[C@@H](C)C(=O)C[C@H](C(=O)N1Cc2ccc(NC(=O)CCNC(=O)[C@]3(C)CN(C(=O)CN4C[C@@H](C)NC[C@@H]4CN4CCOC[C@H]4C)c4cc(Cc5ccc(F)cc5)ccc43)cc2[C@H]1C(=O)Nc1c(F)cccc1F)C1CCOCC1.Cl. The molecule has 0 bridgehead atoms. The summed E-state index contributed by atoms with van der Waals surface area (Å²) >= 11 is 0. The summed E-state index contributed by atoms with van der Waals surface area (Å²) in [6, 6.07) is 19.2. The molecule has 0 aliphatic carbocycles. The Hall–Kier alpha value is -6.22. The Morgan fingerprint density at radius 1 is 0.864 bits per heavy atom. The maximum absolute atomic E-state index is 15.0. The number of hydrogen-bond donors (Lipinski definition) is 4. The van der Waals surface area contributed by atoms with Crippen LogP contribution >= 0.6 is 12.4 Å². The largest absolute Gasteiger partial charge is 0.381 e. The van der Waals surface area contributed by atoms with Crippen LogP contribution in [0, 0.1) is 35.2 Å². The fraction of sp³-hybridized carbons (Fsp3) is 0.508. The zero-order chi connectivity index (χ0) is 56.8. The minimum absolute atomic E-state index is 0. The number of nitrogens with zero attached hydrogens (tertiary/aromatic N) is 4. The number of carbonyl (C=O) groups excluding carboxylic acids is 6. The number of ether oxygens (including phenoxy) is 2. The maximum Gasteiger partial charge on any atom is 0.252 e. The van der Waals surface area contributed by atoms with Crippen LogP contribution in [0.25, 0.3) is 0 Å². The Morgan fingerprint density at radius 2 is 1.59 bits per heavy atom. The third kappa shape index (κ3) is 14.0. The zero-order valence-corrected chi connectivity index (χ0v) is 47.7. The number of hydrogen-bond acceptors (Lipinski definition) is 11. The number of halogens is 4. The average Bonchev–Trinajstić information content (AvgIpc) is 4.24. The maximum atomic E-state index is 15.0. The van der Waals surface area contributed by atoms with Crippen LogP contribution in [0.4, 0.5) is 30.2 Å². The summed E-state index contributed by atoms with van der Waals surface area (Å²) in [7, 11) is 0. The number of carbonyl (C=O) groups is 6. The molecule has 4 N–H and O–H groups in total. The quantitative estimate of drug-likeness (QED) is 0.0739. The molecule has 16 nitrogen and oxygen atoms in total. The molecule has 0 aromatic heterocycles. The monoisotopic (exact) mass is 1140 g/mol. The lowest BCUT2D eigenvalue weighted by atomic mass is 9.80. The highest BCUT2D eigenvalue weighted by atomic mass is 35.5. The summed E-state index contributed by atoms with van der Waals surface area (Å²) in [6.45, 7) is 15.0. The van der Waals surface area contributed by atoms with Gasteiger partial charge in [0.15, 0.2) is 0 Å². The summed E-state index contributed by atoms with van der Waals surface area (Å²) in [5.41, 5.74) is 2.35. The Kier molecular flexibility index (Phi) is 20.1. The fourth-order valence-corrected chi connectivity index (χ4v) is 12.0. The van der Waals surface area contributed by atoms with Gasteiger partial charge in [-0.2, -0.15) is 0 Å². The highest BCUT2D eigenvalue weighted by Gasteiger charge is 2.48. The summed E-state index contributed by atoms with van der Waals surface area (Å²) in [5.74, 6) is -6.00. The van der Waals surface area contributed by atoms with Crippen molar-refractivity contribution in [1.29, 1.82) is 0 Å². The van der Waals surface area contributed by atoms with Crippen molar-refractivity contribution in [2.45, 2.75) is 109 Å². The molecular weight excluding hydrogens is 1070 g/mol. The zero-order valence-electron chi connectivity index (χ0n) is 46.9. The molecule has 5 aliphatic heterocycles. The molecule has 20 heteroatoms. The van der Waals surface area contributed by atoms with E-state index in [0.717, 1.165) is 36.3 Å². The topological polar surface area (TPSA) is 182 Å². The number of amides is 5. The number of benzene rings is 4. The first-order chi connectivity index (χ1) is 38.4. The molecule has 5 aliphatic rings. The second-order valence-electron chi connectivity index (χ2n) is 22.7. The van der Waals surface area contributed by atoms with Gasteiger partial charge in [-0.15, -0.1) is 12.4 Å². The Labute approximate surface area is 478 Å². The molecule has 0 saturated carbocycles. The minimum atomic E-state index is -1.38. The van der Waals surface area contributed by atoms with E-state index in [0.29, 0.717) is 87.6 Å². The van der Waals surface area contributed by atoms with Gasteiger partial charge in [-0.3, -0.25) is 38.6 Å². The van der Waals surface area contributed by atoms with Crippen molar-refractivity contribution in [3.63, 3.8) is 0 Å². The van der Waals surface area contributed by atoms with Crippen LogP contribution in [0.3, 0.4) is 0 Å². The predicted octanol–water partition coefficient (Wildman–Crippen LogP) is 7.32. The van der Waals surface area contributed by atoms with Crippen molar-refractivity contribution < 1.29 is 51.4 Å². The van der Waals surface area contributed by atoms with Crippen molar-refractivity contribution in [2.75, 3.05) is 87.8 Å². The van der Waals surface area contributed by atoms with E-state index in [1.165, 1.54) is 23.1 Å². The summed E-state index contributed by atoms with van der Waals surface area (Å²) in [6.07, 6.45) is 1.95. The number of para-hydroxylation sites is 1. The van der Waals surface area contributed by atoms with Crippen LogP contribution in [0.15, 0.2) is 78.9 Å². The number of anilines is 3. The molecule has 0 radical (unpaired) electrons. The Morgan fingerprint density at radius 3 is 2.31 bits per heavy atom. The number of nitrogens with one attached hydrogen (secondary N) is 4. The van der Waals surface area contributed by atoms with Crippen LogP contribution < -0.4 is 26.2 Å². The van der Waals surface area contributed by atoms with Gasteiger partial charge in [-0.05, 0) is 123 Å². The first kappa shape index (κ1) is 60.9. The van der Waals surface area contributed by atoms with E-state index in [1.54, 1.807) is 42.2 Å². The molecule has 436 valence electrons. The smallest absolute Gasteiger partial charge is 0.252 e. The van der Waals surface area contributed by atoms with Crippen molar-refractivity contribution in [3.05, 3.63) is 124 Å². The molecule has 5 heterocycles. The second-order valence-corrected chi connectivity index (χ2v) is 22.7. The van der Waals surface area contributed by atoms with E-state index in [1.807, 2.05) is 32.0 Å². The lowest BCUT2D eigenvalue weighted by molar-refractivity contribution is -0.147. The van der Waals surface area contributed by atoms with Crippen molar-refractivity contribution in [1.82, 2.24) is 25.3 Å². The van der Waals surface area contributed by atoms with Crippen LogP contribution in [-0.4, -0.2) is 140 Å². The van der Waals surface area contributed by atoms with Gasteiger partial charge >= 0.3 is 0 Å². The molecule has 81 heavy (non-hydrogen) atoms. The minimum Gasteiger partial charge on any atom is -0.381 e. The number of rotatable bonds is 19. The van der Waals surface area contributed by atoms with Gasteiger partial charge < -0.3 is 40.5 Å². The summed E-state index contributed by atoms with van der Waals surface area (Å²) in [4.78, 5) is 93.5. The number of fused-ring (bicyclic) bond motifs is 2. The van der Waals surface area contributed by atoms with Crippen LogP contribution in [0.5, 0.6) is 0 Å². The molecule has 3 fully saturated rings. The number of ketones is 1. The highest BCUT2D eigenvalue weighted by Crippen LogP contribution is 2.43. The molecule has 9 rings (SSSR count). The summed E-state index contributed by atoms with van der Waals surface area (Å²) in [5, 5.41) is 11.8. The van der Waals surface area contributed by atoms with Crippen LogP contribution in [0.2, 0.25) is 0 Å². The lowest BCUT2D eigenvalue weighted by Gasteiger charge is -2.43. The molecular formula is C61H76ClF3N8O8. The molecule has 0 unspecified atom stereocenters. The first-order valence-electron chi connectivity index (χ1n) is 28.2. The van der Waals surface area contributed by atoms with E-state index in [2.05, 4.69) is 44.9 Å². The molecule has 3 saturated heterocycles. The van der Waals surface area contributed by atoms with Gasteiger partial charge in [-0.1, -0.05) is 50.2 Å². The van der Waals surface area contributed by atoms with E-state index in [9.17, 15) is 33.2 Å². The van der Waals surface area contributed by atoms with Gasteiger partial charge in [0.1, 0.15) is 35.0 Å². The molecule has 5 amide bonds. The normalized spacial score (nSPS) is 22.9. The van der Waals surface area contributed by atoms with E-state index >= 15 is 8.78 Å². The van der Waals surface area contributed by atoms with Crippen molar-refractivity contribution in [3.8, 4) is 0 Å². The molecule has 4 aromatic rings. The third-order valence-corrected chi connectivity index (χ3v) is 17.1. The van der Waals surface area contributed by atoms with Crippen LogP contribution in [0.1, 0.15) is 101 Å². The lowest BCUT2D eigenvalue weighted by Crippen LogP contribution is -2.62. The van der Waals surface area contributed by atoms with Gasteiger partial charge in [0.25, 0.3) is 5.91 Å². The second kappa shape index (κ2) is 26.8. The highest BCUT2D eigenvalue weighted by molar-refractivity contribution is 6.04. The molecule has 4 aromatic carbocycles. The van der Waals surface area contributed by atoms with Gasteiger partial charge in [0.05, 0.1) is 25.2 Å². The van der Waals surface area contributed by atoms with Gasteiger partial charge in [0.2, 0.25) is 23.6 Å². The van der Waals surface area contributed by atoms with Crippen molar-refractivity contribution in [2.24, 2.45) is 17.8 Å². The number of morpholine rings is 1. The molecule has 0 spiro atoms. The van der Waals surface area contributed by atoms with Crippen LogP contribution in [-0.2, 0) is 56.6 Å². The standard InChI is InChI=1S/C61H75F3N8O8.ClH/c1-6-37(2)53(73)29-48(42-19-23-79-24-20-42)59(77)71-32-43-13-16-45(28-47(43)57(71)58(76)68-56-50(63)8-7-9-51(56)64)67-54(74)18-21-65-60(78)61(5)36-72(52-27-41(12-17-49(52)61)26-40-10-14-44(62)15-11-40)55(75)34-70-31-38(3)66-30-46(70)33-69-22-25-80-35-39(69)4;/h7-17,27-28,37-39,42,46,48,57,66H,6,18-26,29-36H2,1-5H3,(H,65,78)(H,67,74)(H,68,76);1H/t37-,38-,39-,46-,48+,57+,61-;/m1./s1. The average molecular weight is 1140 g/mol. The predicted molar refractivity (Wildman–Crippen MR) is 304 cm³/mol. The summed E-state index contributed by atoms with van der Waals surface area (Å²) < 4.78 is 55.2. The third-order valence-electron chi connectivity index (χ3n) is 17.1. The molecule has 7 atom stereocenters. The van der Waals surface area contributed by atoms with E-state index < -0.39 is 52.4 Å². The van der Waals surface area contributed by atoms with Gasteiger partial charge in [0, 0.05) is 113 Å². The van der Waals surface area contributed by atoms with Gasteiger partial charge in [-0.25, -0.2) is 13.2 Å². The van der Waals surface area contributed by atoms with Crippen molar-refractivity contribution >= 4 is 64.8 Å². The fourth-order valence-electron chi connectivity index (χ4n) is 12.0.